The van der Waals surface area contributed by atoms with Crippen molar-refractivity contribution in [3.05, 3.63) is 94.6 Å². The highest BCUT2D eigenvalue weighted by molar-refractivity contribution is 7.87. The summed E-state index contributed by atoms with van der Waals surface area (Å²) in [6.45, 7) is 6.57. The number of piperazine rings is 1. The maximum atomic E-state index is 13.5. The van der Waals surface area contributed by atoms with Crippen LogP contribution in [0.15, 0.2) is 60.8 Å². The highest BCUT2D eigenvalue weighted by atomic mass is 32.2. The van der Waals surface area contributed by atoms with Crippen LogP contribution in [0.5, 0.6) is 0 Å². The van der Waals surface area contributed by atoms with Crippen molar-refractivity contribution < 1.29 is 27.5 Å². The van der Waals surface area contributed by atoms with Crippen LogP contribution in [0, 0.1) is 30.5 Å². The van der Waals surface area contributed by atoms with Gasteiger partial charge in [-0.25, -0.2) is 4.39 Å². The molecule has 0 saturated carbocycles. The van der Waals surface area contributed by atoms with Crippen LogP contribution in [0.4, 0.5) is 10.1 Å². The first-order valence-corrected chi connectivity index (χ1v) is 15.2. The summed E-state index contributed by atoms with van der Waals surface area (Å²) >= 11 is 0. The van der Waals surface area contributed by atoms with E-state index in [1.54, 1.807) is 45.0 Å². The second kappa shape index (κ2) is 13.8. The minimum Gasteiger partial charge on any atom is -0.480 e. The number of aromatic nitrogens is 1. The summed E-state index contributed by atoms with van der Waals surface area (Å²) in [4.78, 5) is 30.2. The summed E-state index contributed by atoms with van der Waals surface area (Å²) in [5.41, 5.74) is 3.81. The second-order valence-corrected chi connectivity index (χ2v) is 12.3. The third-order valence-corrected chi connectivity index (χ3v) is 8.64. The van der Waals surface area contributed by atoms with Crippen LogP contribution in [-0.4, -0.2) is 66.9 Å². The summed E-state index contributed by atoms with van der Waals surface area (Å²) in [5.74, 6) is 3.88. The van der Waals surface area contributed by atoms with Crippen LogP contribution >= 0.6 is 0 Å². The predicted octanol–water partition coefficient (Wildman–Crippen LogP) is 2.92. The number of pyridine rings is 1. The molecular formula is C31H34FN5O5S. The fraction of sp³-hybridized carbons (Fsp3) is 0.323. The highest BCUT2D eigenvalue weighted by Gasteiger charge is 2.33. The molecular weight excluding hydrogens is 573 g/mol. The fourth-order valence-electron chi connectivity index (χ4n) is 4.52. The first kappa shape index (κ1) is 31.6. The van der Waals surface area contributed by atoms with E-state index in [1.807, 2.05) is 24.3 Å². The molecule has 2 heterocycles. The SMILES string of the molecule is Cc1cc(CNC(=O)c2cc(C#Cc3ccc(N4CCN(S(=O)(=O)N[C@@H](C(=O)O)C(C)C)CC4)cc3)ccn2)ccc1F. The van der Waals surface area contributed by atoms with Crippen molar-refractivity contribution in [3.63, 3.8) is 0 Å². The Morgan fingerprint density at radius 2 is 1.67 bits per heavy atom. The lowest BCUT2D eigenvalue weighted by atomic mass is 10.1. The van der Waals surface area contributed by atoms with Crippen molar-refractivity contribution in [2.45, 2.75) is 33.4 Å². The van der Waals surface area contributed by atoms with Gasteiger partial charge in [-0.2, -0.15) is 17.4 Å². The molecule has 0 unspecified atom stereocenters. The number of halogens is 1. The molecule has 0 bridgehead atoms. The summed E-state index contributed by atoms with van der Waals surface area (Å²) in [5, 5.41) is 12.1. The van der Waals surface area contributed by atoms with Crippen LogP contribution in [0.25, 0.3) is 0 Å². The minimum atomic E-state index is -3.93. The van der Waals surface area contributed by atoms with Crippen LogP contribution in [0.3, 0.4) is 0 Å². The summed E-state index contributed by atoms with van der Waals surface area (Å²) in [7, 11) is -3.93. The summed E-state index contributed by atoms with van der Waals surface area (Å²) in [6.07, 6.45) is 1.52. The molecule has 43 heavy (non-hydrogen) atoms. The molecule has 1 amide bonds. The van der Waals surface area contributed by atoms with Crippen LogP contribution in [0.1, 0.15) is 46.6 Å². The lowest BCUT2D eigenvalue weighted by Gasteiger charge is -2.36. The number of aryl methyl sites for hydroxylation is 1. The molecule has 12 heteroatoms. The Bertz CT molecular complexity index is 1640. The molecule has 0 spiro atoms. The van der Waals surface area contributed by atoms with Crippen molar-refractivity contribution in [1.29, 1.82) is 0 Å². The molecule has 1 atom stereocenters. The summed E-state index contributed by atoms with van der Waals surface area (Å²) in [6, 6.07) is 14.4. The van der Waals surface area contributed by atoms with Gasteiger partial charge in [-0.05, 0) is 66.4 Å². The molecule has 1 aliphatic heterocycles. The maximum Gasteiger partial charge on any atom is 0.322 e. The van der Waals surface area contributed by atoms with Gasteiger partial charge >= 0.3 is 5.97 Å². The quantitative estimate of drug-likeness (QED) is 0.319. The second-order valence-electron chi connectivity index (χ2n) is 10.6. The number of amides is 1. The van der Waals surface area contributed by atoms with Crippen LogP contribution in [-0.2, 0) is 21.5 Å². The molecule has 0 aliphatic carbocycles. The Balaban J connectivity index is 1.32. The summed E-state index contributed by atoms with van der Waals surface area (Å²) < 4.78 is 42.5. The van der Waals surface area contributed by atoms with Gasteiger partial charge in [0.05, 0.1) is 0 Å². The Morgan fingerprint density at radius 3 is 2.30 bits per heavy atom. The topological polar surface area (TPSA) is 132 Å². The van der Waals surface area contributed by atoms with Crippen LogP contribution < -0.4 is 14.9 Å². The molecule has 1 saturated heterocycles. The Morgan fingerprint density at radius 1 is 1.00 bits per heavy atom. The molecule has 0 radical (unpaired) electrons. The number of carboxylic acids is 1. The monoisotopic (exact) mass is 607 g/mol. The van der Waals surface area contributed by atoms with E-state index >= 15 is 0 Å². The van der Waals surface area contributed by atoms with Gasteiger partial charge in [0.1, 0.15) is 17.6 Å². The number of carboxylic acid groups (broad SMARTS) is 1. The average molecular weight is 608 g/mol. The zero-order valence-electron chi connectivity index (χ0n) is 24.2. The van der Waals surface area contributed by atoms with E-state index in [0.29, 0.717) is 24.2 Å². The number of nitrogens with zero attached hydrogens (tertiary/aromatic N) is 3. The van der Waals surface area contributed by atoms with E-state index in [9.17, 15) is 27.5 Å². The van der Waals surface area contributed by atoms with Crippen molar-refractivity contribution in [2.24, 2.45) is 5.92 Å². The fourth-order valence-corrected chi connectivity index (χ4v) is 6.00. The van der Waals surface area contributed by atoms with E-state index < -0.39 is 28.1 Å². The smallest absolute Gasteiger partial charge is 0.322 e. The normalized spacial score (nSPS) is 14.6. The average Bonchev–Trinajstić information content (AvgIpc) is 2.99. The van der Waals surface area contributed by atoms with Gasteiger partial charge in [0.2, 0.25) is 0 Å². The Kier molecular flexibility index (Phi) is 10.1. The number of anilines is 1. The van der Waals surface area contributed by atoms with Gasteiger partial charge in [0, 0.05) is 55.7 Å². The van der Waals surface area contributed by atoms with Crippen molar-refractivity contribution in [1.82, 2.24) is 19.3 Å². The maximum absolute atomic E-state index is 13.5. The van der Waals surface area contributed by atoms with Gasteiger partial charge in [0.25, 0.3) is 16.1 Å². The number of carbonyl (C=O) groups is 2. The molecule has 1 fully saturated rings. The molecule has 3 aromatic rings. The minimum absolute atomic E-state index is 0.222. The van der Waals surface area contributed by atoms with Crippen LogP contribution in [0.2, 0.25) is 0 Å². The van der Waals surface area contributed by atoms with E-state index in [0.717, 1.165) is 16.8 Å². The number of nitrogens with one attached hydrogen (secondary N) is 2. The number of rotatable bonds is 9. The molecule has 1 aliphatic rings. The van der Waals surface area contributed by atoms with E-state index in [-0.39, 0.29) is 37.1 Å². The number of hydrogen-bond acceptors (Lipinski definition) is 6. The first-order valence-electron chi connectivity index (χ1n) is 13.8. The van der Waals surface area contributed by atoms with Gasteiger partial charge in [-0.1, -0.05) is 37.8 Å². The number of carbonyl (C=O) groups excluding carboxylic acids is 1. The number of benzene rings is 2. The van der Waals surface area contributed by atoms with Crippen molar-refractivity contribution in [2.75, 3.05) is 31.1 Å². The zero-order chi connectivity index (χ0) is 31.1. The predicted molar refractivity (Wildman–Crippen MR) is 161 cm³/mol. The largest absolute Gasteiger partial charge is 0.480 e. The lowest BCUT2D eigenvalue weighted by molar-refractivity contribution is -0.140. The Labute approximate surface area is 251 Å². The zero-order valence-corrected chi connectivity index (χ0v) is 25.0. The van der Waals surface area contributed by atoms with Gasteiger partial charge < -0.3 is 15.3 Å². The third kappa shape index (κ3) is 8.38. The number of aliphatic carboxylic acids is 1. The number of hydrogen-bond donors (Lipinski definition) is 3. The molecule has 226 valence electrons. The van der Waals surface area contributed by atoms with E-state index in [2.05, 4.69) is 31.8 Å². The molecule has 3 N–H and O–H groups in total. The molecule has 10 nitrogen and oxygen atoms in total. The molecule has 2 aromatic carbocycles. The van der Waals surface area contributed by atoms with E-state index in [4.69, 9.17) is 0 Å². The van der Waals surface area contributed by atoms with Gasteiger partial charge in [-0.3, -0.25) is 14.6 Å². The third-order valence-electron chi connectivity index (χ3n) is 7.04. The highest BCUT2D eigenvalue weighted by Crippen LogP contribution is 2.19. The van der Waals surface area contributed by atoms with Crippen molar-refractivity contribution >= 4 is 27.8 Å². The van der Waals surface area contributed by atoms with E-state index in [1.165, 1.54) is 16.6 Å². The van der Waals surface area contributed by atoms with Gasteiger partial charge in [0.15, 0.2) is 0 Å². The van der Waals surface area contributed by atoms with Crippen molar-refractivity contribution in [3.8, 4) is 11.8 Å². The van der Waals surface area contributed by atoms with Gasteiger partial charge in [-0.15, -0.1) is 0 Å². The lowest BCUT2D eigenvalue weighted by Crippen LogP contribution is -2.55. The Hall–Kier alpha value is -4.31. The standard InChI is InChI=1S/C31H34FN5O5S/c1-21(2)29(31(39)40)35-43(41,42)37-16-14-36(15-17-37)26-9-6-23(7-10-26)4-5-24-12-13-33-28(19-24)30(38)34-20-25-8-11-27(32)22(3)18-25/h6-13,18-19,21,29,35H,14-17,20H2,1-3H3,(H,34,38)(H,39,40)/t29-/m1/s1. The molecule has 1 aromatic heterocycles. The molecule has 4 rings (SSSR count). The first-order chi connectivity index (χ1) is 20.4.